The fourth-order valence-electron chi connectivity index (χ4n) is 2.89. The van der Waals surface area contributed by atoms with E-state index in [-0.39, 0.29) is 23.7 Å². The molecule has 0 aliphatic carbocycles. The van der Waals surface area contributed by atoms with Crippen molar-refractivity contribution in [2.75, 3.05) is 6.54 Å². The summed E-state index contributed by atoms with van der Waals surface area (Å²) in [6.07, 6.45) is 1.03. The van der Waals surface area contributed by atoms with Crippen LogP contribution in [0.4, 0.5) is 0 Å². The molecule has 4 N–H and O–H groups in total. The van der Waals surface area contributed by atoms with Crippen LogP contribution in [0.2, 0.25) is 0 Å². The van der Waals surface area contributed by atoms with Crippen LogP contribution in [0, 0.1) is 5.92 Å². The van der Waals surface area contributed by atoms with Gasteiger partial charge in [-0.2, -0.15) is 0 Å². The first kappa shape index (κ1) is 13.9. The van der Waals surface area contributed by atoms with E-state index in [1.165, 1.54) is 0 Å². The maximum atomic E-state index is 12.3. The Morgan fingerprint density at radius 2 is 2.10 bits per heavy atom. The van der Waals surface area contributed by atoms with E-state index in [2.05, 4.69) is 27.5 Å². The molecule has 1 aromatic heterocycles. The van der Waals surface area contributed by atoms with Gasteiger partial charge in [0.2, 0.25) is 5.91 Å². The standard InChI is InChI=1S/C15H20N4O2/c1-8-5-6-16-13(8)14(20)17-9(2)10-3-4-11-12(7-10)19-15(21)18-11/h3-4,7-9,13,16H,5-6H2,1-2H3,(H,17,20)(H2,18,19,21). The number of rotatable bonds is 3. The minimum absolute atomic E-state index is 0.0372. The zero-order valence-electron chi connectivity index (χ0n) is 12.2. The van der Waals surface area contributed by atoms with Crippen molar-refractivity contribution in [2.45, 2.75) is 32.4 Å². The van der Waals surface area contributed by atoms with Crippen molar-refractivity contribution >= 4 is 16.9 Å². The van der Waals surface area contributed by atoms with Crippen LogP contribution in [-0.2, 0) is 4.79 Å². The molecule has 2 aromatic rings. The Labute approximate surface area is 122 Å². The number of amides is 1. The molecule has 1 amide bonds. The molecule has 112 valence electrons. The number of nitrogens with one attached hydrogen (secondary N) is 4. The molecule has 3 unspecified atom stereocenters. The lowest BCUT2D eigenvalue weighted by atomic mass is 10.0. The molecule has 0 saturated carbocycles. The van der Waals surface area contributed by atoms with Gasteiger partial charge in [-0.3, -0.25) is 4.79 Å². The van der Waals surface area contributed by atoms with Gasteiger partial charge >= 0.3 is 5.69 Å². The number of hydrogen-bond donors (Lipinski definition) is 4. The molecule has 3 atom stereocenters. The largest absolute Gasteiger partial charge is 0.348 e. The van der Waals surface area contributed by atoms with Crippen molar-refractivity contribution in [3.8, 4) is 0 Å². The van der Waals surface area contributed by atoms with Crippen LogP contribution in [-0.4, -0.2) is 28.5 Å². The predicted octanol–water partition coefficient (Wildman–Crippen LogP) is 1.03. The van der Waals surface area contributed by atoms with Crippen molar-refractivity contribution < 1.29 is 4.79 Å². The zero-order chi connectivity index (χ0) is 15.0. The number of fused-ring (bicyclic) bond motifs is 1. The molecule has 0 spiro atoms. The van der Waals surface area contributed by atoms with Gasteiger partial charge in [-0.05, 0) is 43.5 Å². The fraction of sp³-hybridized carbons (Fsp3) is 0.467. The lowest BCUT2D eigenvalue weighted by Crippen LogP contribution is -2.44. The number of carbonyl (C=O) groups excluding carboxylic acids is 1. The third-order valence-electron chi connectivity index (χ3n) is 4.21. The summed E-state index contributed by atoms with van der Waals surface area (Å²) in [5.74, 6) is 0.399. The summed E-state index contributed by atoms with van der Waals surface area (Å²) < 4.78 is 0. The molecule has 1 fully saturated rings. The van der Waals surface area contributed by atoms with Crippen LogP contribution < -0.4 is 16.3 Å². The highest BCUT2D eigenvalue weighted by atomic mass is 16.2. The van der Waals surface area contributed by atoms with Crippen LogP contribution in [0.15, 0.2) is 23.0 Å². The van der Waals surface area contributed by atoms with Gasteiger partial charge < -0.3 is 20.6 Å². The molecule has 1 aliphatic rings. The Morgan fingerprint density at radius 3 is 2.81 bits per heavy atom. The second-order valence-corrected chi connectivity index (χ2v) is 5.81. The van der Waals surface area contributed by atoms with Gasteiger partial charge in [0.05, 0.1) is 23.1 Å². The Morgan fingerprint density at radius 1 is 1.33 bits per heavy atom. The number of aromatic amines is 2. The molecule has 6 nitrogen and oxygen atoms in total. The third-order valence-corrected chi connectivity index (χ3v) is 4.21. The molecule has 1 aromatic carbocycles. The zero-order valence-corrected chi connectivity index (χ0v) is 12.2. The average molecular weight is 288 g/mol. The van der Waals surface area contributed by atoms with Crippen molar-refractivity contribution in [2.24, 2.45) is 5.92 Å². The lowest BCUT2D eigenvalue weighted by Gasteiger charge is -2.20. The van der Waals surface area contributed by atoms with E-state index in [0.29, 0.717) is 5.92 Å². The van der Waals surface area contributed by atoms with Gasteiger partial charge in [0, 0.05) is 0 Å². The van der Waals surface area contributed by atoms with E-state index < -0.39 is 0 Å². The van der Waals surface area contributed by atoms with Gasteiger partial charge in [0.25, 0.3) is 0 Å². The fourth-order valence-corrected chi connectivity index (χ4v) is 2.89. The second kappa shape index (κ2) is 5.37. The van der Waals surface area contributed by atoms with Gasteiger partial charge in [0.1, 0.15) is 0 Å². The van der Waals surface area contributed by atoms with E-state index in [1.54, 1.807) is 0 Å². The molecule has 1 aliphatic heterocycles. The SMILES string of the molecule is CC(NC(=O)C1NCCC1C)c1ccc2[nH]c(=O)[nH]c2c1. The smallest absolute Gasteiger partial charge is 0.323 e. The Kier molecular flexibility index (Phi) is 3.55. The number of aromatic nitrogens is 2. The predicted molar refractivity (Wildman–Crippen MR) is 81.0 cm³/mol. The molecule has 1 saturated heterocycles. The summed E-state index contributed by atoms with van der Waals surface area (Å²) in [4.78, 5) is 29.0. The van der Waals surface area contributed by atoms with Gasteiger partial charge in [0.15, 0.2) is 0 Å². The number of imidazole rings is 1. The number of H-pyrrole nitrogens is 2. The van der Waals surface area contributed by atoms with E-state index in [4.69, 9.17) is 0 Å². The van der Waals surface area contributed by atoms with Crippen LogP contribution in [0.5, 0.6) is 0 Å². The number of carbonyl (C=O) groups is 1. The van der Waals surface area contributed by atoms with E-state index in [9.17, 15) is 9.59 Å². The van der Waals surface area contributed by atoms with Crippen molar-refractivity contribution in [1.82, 2.24) is 20.6 Å². The highest BCUT2D eigenvalue weighted by molar-refractivity contribution is 5.83. The number of benzene rings is 1. The van der Waals surface area contributed by atoms with E-state index in [1.807, 2.05) is 25.1 Å². The molecule has 2 heterocycles. The van der Waals surface area contributed by atoms with Crippen LogP contribution in [0.1, 0.15) is 31.9 Å². The molecular weight excluding hydrogens is 268 g/mol. The first-order chi connectivity index (χ1) is 10.0. The first-order valence-electron chi connectivity index (χ1n) is 7.30. The monoisotopic (exact) mass is 288 g/mol. The maximum absolute atomic E-state index is 12.3. The third kappa shape index (κ3) is 2.71. The highest BCUT2D eigenvalue weighted by Crippen LogP contribution is 2.19. The summed E-state index contributed by atoms with van der Waals surface area (Å²) in [7, 11) is 0. The van der Waals surface area contributed by atoms with Gasteiger partial charge in [-0.1, -0.05) is 13.0 Å². The van der Waals surface area contributed by atoms with E-state index >= 15 is 0 Å². The van der Waals surface area contributed by atoms with Gasteiger partial charge in [-0.15, -0.1) is 0 Å². The highest BCUT2D eigenvalue weighted by Gasteiger charge is 2.29. The Bertz CT molecular complexity index is 718. The van der Waals surface area contributed by atoms with Crippen molar-refractivity contribution in [1.29, 1.82) is 0 Å². The average Bonchev–Trinajstić information content (AvgIpc) is 3.02. The minimum Gasteiger partial charge on any atom is -0.348 e. The summed E-state index contributed by atoms with van der Waals surface area (Å²) in [5.41, 5.74) is 2.28. The quantitative estimate of drug-likeness (QED) is 0.680. The molecule has 6 heteroatoms. The van der Waals surface area contributed by atoms with Crippen LogP contribution in [0.25, 0.3) is 11.0 Å². The summed E-state index contributed by atoms with van der Waals surface area (Å²) in [6, 6.07) is 5.45. The summed E-state index contributed by atoms with van der Waals surface area (Å²) in [6.45, 7) is 4.93. The number of hydrogen-bond acceptors (Lipinski definition) is 3. The first-order valence-corrected chi connectivity index (χ1v) is 7.30. The second-order valence-electron chi connectivity index (χ2n) is 5.81. The van der Waals surface area contributed by atoms with E-state index in [0.717, 1.165) is 29.6 Å². The van der Waals surface area contributed by atoms with Crippen molar-refractivity contribution in [3.05, 3.63) is 34.2 Å². The Balaban J connectivity index is 1.75. The maximum Gasteiger partial charge on any atom is 0.323 e. The molecule has 3 rings (SSSR count). The Hall–Kier alpha value is -2.08. The molecule has 21 heavy (non-hydrogen) atoms. The summed E-state index contributed by atoms with van der Waals surface area (Å²) in [5, 5.41) is 6.27. The normalized spacial score (nSPS) is 23.3. The minimum atomic E-state index is -0.220. The molecular formula is C15H20N4O2. The van der Waals surface area contributed by atoms with Crippen LogP contribution >= 0.6 is 0 Å². The lowest BCUT2D eigenvalue weighted by molar-refractivity contribution is -0.124. The van der Waals surface area contributed by atoms with Crippen molar-refractivity contribution in [3.63, 3.8) is 0 Å². The summed E-state index contributed by atoms with van der Waals surface area (Å²) >= 11 is 0. The van der Waals surface area contributed by atoms with Crippen LogP contribution in [0.3, 0.4) is 0 Å². The molecule has 0 radical (unpaired) electrons. The molecule has 0 bridgehead atoms. The topological polar surface area (TPSA) is 89.8 Å². The van der Waals surface area contributed by atoms with Gasteiger partial charge in [-0.25, -0.2) is 4.79 Å².